The summed E-state index contributed by atoms with van der Waals surface area (Å²) in [5.74, 6) is 0.0692. The van der Waals surface area contributed by atoms with Crippen molar-refractivity contribution in [3.63, 3.8) is 0 Å². The van der Waals surface area contributed by atoms with E-state index >= 15 is 0 Å². The van der Waals surface area contributed by atoms with Gasteiger partial charge in [0.15, 0.2) is 6.04 Å². The van der Waals surface area contributed by atoms with E-state index < -0.39 is 12.0 Å². The maximum atomic E-state index is 12.1. The van der Waals surface area contributed by atoms with Gasteiger partial charge in [0.05, 0.1) is 0 Å². The average Bonchev–Trinajstić information content (AvgIpc) is 2.86. The molecule has 2 aromatic rings. The van der Waals surface area contributed by atoms with E-state index in [9.17, 15) is 14.7 Å². The first-order chi connectivity index (χ1) is 16.5. The van der Waals surface area contributed by atoms with Crippen molar-refractivity contribution in [3.05, 3.63) is 59.3 Å². The third kappa shape index (κ3) is 7.99. The summed E-state index contributed by atoms with van der Waals surface area (Å²) in [6.45, 7) is 1.19. The number of aliphatic imine (C=N–C) groups is 2. The second-order valence-electron chi connectivity index (χ2n) is 8.19. The van der Waals surface area contributed by atoms with E-state index in [1.54, 1.807) is 12.1 Å². The van der Waals surface area contributed by atoms with Gasteiger partial charge in [-0.3, -0.25) is 9.79 Å². The number of benzene rings is 1. The maximum Gasteiger partial charge on any atom is 0.328 e. The van der Waals surface area contributed by atoms with Crippen LogP contribution in [0.5, 0.6) is 0 Å². The number of nitrogens with two attached hydrogens (primary N) is 1. The van der Waals surface area contributed by atoms with E-state index in [4.69, 9.17) is 5.73 Å². The number of unbranched alkanes of at least 4 members (excludes halogenated alkanes) is 1. The molecule has 1 aromatic carbocycles. The number of aromatic nitrogens is 1. The molecule has 1 aromatic heterocycles. The summed E-state index contributed by atoms with van der Waals surface area (Å²) in [7, 11) is 0. The largest absolute Gasteiger partial charge is 0.480 e. The number of amidine groups is 1. The molecule has 0 bridgehead atoms. The van der Waals surface area contributed by atoms with Crippen LogP contribution in [0.1, 0.15) is 48.9 Å². The summed E-state index contributed by atoms with van der Waals surface area (Å²) in [6.07, 6.45) is 6.36. The quantitative estimate of drug-likeness (QED) is 0.216. The summed E-state index contributed by atoms with van der Waals surface area (Å²) in [6, 6.07) is 12.3. The fraction of sp³-hybridized carbons (Fsp3) is 0.400. The van der Waals surface area contributed by atoms with Crippen molar-refractivity contribution in [2.75, 3.05) is 18.4 Å². The monoisotopic (exact) mass is 464 g/mol. The third-order valence-electron chi connectivity index (χ3n) is 5.58. The molecule has 0 saturated carbocycles. The van der Waals surface area contributed by atoms with Crippen LogP contribution in [-0.4, -0.2) is 53.3 Å². The second kappa shape index (κ2) is 13.1. The van der Waals surface area contributed by atoms with Crippen molar-refractivity contribution >= 4 is 29.9 Å². The van der Waals surface area contributed by atoms with Crippen LogP contribution in [0.3, 0.4) is 0 Å². The molecule has 9 heteroatoms. The molecule has 0 aliphatic carbocycles. The van der Waals surface area contributed by atoms with Gasteiger partial charge in [-0.2, -0.15) is 0 Å². The molecule has 0 spiro atoms. The van der Waals surface area contributed by atoms with E-state index in [2.05, 4.69) is 37.7 Å². The van der Waals surface area contributed by atoms with Crippen LogP contribution in [-0.2, 0) is 22.4 Å². The predicted octanol–water partition coefficient (Wildman–Crippen LogP) is 2.55. The van der Waals surface area contributed by atoms with Crippen molar-refractivity contribution in [1.29, 1.82) is 0 Å². The Morgan fingerprint density at radius 3 is 2.82 bits per heavy atom. The van der Waals surface area contributed by atoms with E-state index in [0.717, 1.165) is 62.1 Å². The fourth-order valence-electron chi connectivity index (χ4n) is 3.66. The minimum atomic E-state index is -1.08. The number of amides is 1. The van der Waals surface area contributed by atoms with Crippen molar-refractivity contribution in [2.24, 2.45) is 15.7 Å². The van der Waals surface area contributed by atoms with Gasteiger partial charge in [0, 0.05) is 30.8 Å². The number of hydrogen-bond donors (Lipinski definition) is 4. The summed E-state index contributed by atoms with van der Waals surface area (Å²) in [4.78, 5) is 36.2. The number of aliphatic carboxylic acids is 1. The Labute approximate surface area is 199 Å². The highest BCUT2D eigenvalue weighted by Crippen LogP contribution is 2.20. The van der Waals surface area contributed by atoms with Crippen LogP contribution in [0.15, 0.2) is 52.4 Å². The molecule has 0 saturated heterocycles. The zero-order valence-corrected chi connectivity index (χ0v) is 19.2. The van der Waals surface area contributed by atoms with Gasteiger partial charge in [0.2, 0.25) is 5.91 Å². The zero-order valence-electron chi connectivity index (χ0n) is 19.2. The number of hydrogen-bond acceptors (Lipinski definition) is 5. The fourth-order valence-corrected chi connectivity index (χ4v) is 3.66. The topological polar surface area (TPSA) is 142 Å². The van der Waals surface area contributed by atoms with E-state index in [1.165, 1.54) is 5.56 Å². The number of aryl methyl sites for hydroxylation is 2. The predicted molar refractivity (Wildman–Crippen MR) is 133 cm³/mol. The van der Waals surface area contributed by atoms with Gasteiger partial charge in [-0.05, 0) is 50.2 Å². The normalized spacial score (nSPS) is 14.3. The van der Waals surface area contributed by atoms with Crippen LogP contribution in [0.25, 0.3) is 0 Å². The van der Waals surface area contributed by atoms with Crippen LogP contribution in [0, 0.1) is 0 Å². The summed E-state index contributed by atoms with van der Waals surface area (Å²) >= 11 is 0. The number of carbonyl (C=O) groups excluding carboxylic acids is 1. The standard InChI is InChI=1S/C25H32N6O3/c26-23(18-7-2-1-3-8-18)30-17-29-21(25(33)34)14-16-27-22(32)11-5-4-10-20-13-12-19-9-6-15-28-24(19)31-20/h1-3,7-8,12-13,17,21H,4-6,9-11,14-16H2,(H,27,32)(H,28,31)(H,33,34)(H2,26,29,30). The third-order valence-corrected chi connectivity index (χ3v) is 5.58. The number of pyridine rings is 1. The molecule has 1 aliphatic rings. The van der Waals surface area contributed by atoms with Crippen LogP contribution in [0.2, 0.25) is 0 Å². The lowest BCUT2D eigenvalue weighted by atomic mass is 10.1. The van der Waals surface area contributed by atoms with Crippen molar-refractivity contribution < 1.29 is 14.7 Å². The Kier molecular flexibility index (Phi) is 9.57. The Bertz CT molecular complexity index is 1020. The van der Waals surface area contributed by atoms with Gasteiger partial charge >= 0.3 is 5.97 Å². The average molecular weight is 465 g/mol. The van der Waals surface area contributed by atoms with E-state index in [1.807, 2.05) is 18.2 Å². The van der Waals surface area contributed by atoms with Gasteiger partial charge in [-0.25, -0.2) is 14.8 Å². The minimum absolute atomic E-state index is 0.0977. The molecule has 3 rings (SSSR count). The molecular weight excluding hydrogens is 432 g/mol. The first-order valence-electron chi connectivity index (χ1n) is 11.7. The maximum absolute atomic E-state index is 12.1. The highest BCUT2D eigenvalue weighted by atomic mass is 16.4. The Morgan fingerprint density at radius 1 is 1.21 bits per heavy atom. The number of carboxylic acids is 1. The molecule has 180 valence electrons. The molecule has 1 atom stereocenters. The van der Waals surface area contributed by atoms with Gasteiger partial charge in [-0.15, -0.1) is 0 Å². The highest BCUT2D eigenvalue weighted by Gasteiger charge is 2.15. The van der Waals surface area contributed by atoms with Crippen molar-refractivity contribution in [3.8, 4) is 0 Å². The Morgan fingerprint density at radius 2 is 2.03 bits per heavy atom. The molecule has 1 unspecified atom stereocenters. The molecule has 1 aliphatic heterocycles. The van der Waals surface area contributed by atoms with Crippen LogP contribution in [0.4, 0.5) is 5.82 Å². The van der Waals surface area contributed by atoms with E-state index in [0.29, 0.717) is 6.42 Å². The zero-order chi connectivity index (χ0) is 24.2. The molecular formula is C25H32N6O3. The first kappa shape index (κ1) is 24.9. The number of anilines is 1. The lowest BCUT2D eigenvalue weighted by molar-refractivity contribution is -0.138. The SMILES string of the molecule is NC(=NC=NC(CCNC(=O)CCCCc1ccc2c(n1)NCCC2)C(=O)O)c1ccccc1. The number of carbonyl (C=O) groups is 2. The van der Waals surface area contributed by atoms with Gasteiger partial charge < -0.3 is 21.5 Å². The molecule has 0 radical (unpaired) electrons. The van der Waals surface area contributed by atoms with Gasteiger partial charge in [-0.1, -0.05) is 36.4 Å². The Hall–Kier alpha value is -3.75. The molecule has 9 nitrogen and oxygen atoms in total. The molecule has 5 N–H and O–H groups in total. The molecule has 2 heterocycles. The van der Waals surface area contributed by atoms with Gasteiger partial charge in [0.1, 0.15) is 18.0 Å². The summed E-state index contributed by atoms with van der Waals surface area (Å²) in [5.41, 5.74) is 8.90. The number of fused-ring (bicyclic) bond motifs is 1. The van der Waals surface area contributed by atoms with Crippen LogP contribution < -0.4 is 16.4 Å². The summed E-state index contributed by atoms with van der Waals surface area (Å²) in [5, 5.41) is 15.5. The second-order valence-corrected chi connectivity index (χ2v) is 8.19. The lowest BCUT2D eigenvalue weighted by Crippen LogP contribution is -2.29. The lowest BCUT2D eigenvalue weighted by Gasteiger charge is -2.17. The van der Waals surface area contributed by atoms with Gasteiger partial charge in [0.25, 0.3) is 0 Å². The number of carboxylic acid groups (broad SMARTS) is 1. The number of rotatable bonds is 12. The first-order valence-corrected chi connectivity index (χ1v) is 11.7. The Balaban J connectivity index is 1.34. The molecule has 34 heavy (non-hydrogen) atoms. The van der Waals surface area contributed by atoms with E-state index in [-0.39, 0.29) is 24.7 Å². The summed E-state index contributed by atoms with van der Waals surface area (Å²) < 4.78 is 0. The number of nitrogens with one attached hydrogen (secondary N) is 2. The minimum Gasteiger partial charge on any atom is -0.480 e. The van der Waals surface area contributed by atoms with Crippen molar-refractivity contribution in [1.82, 2.24) is 10.3 Å². The molecule has 0 fully saturated rings. The number of nitrogens with zero attached hydrogens (tertiary/aromatic N) is 3. The highest BCUT2D eigenvalue weighted by molar-refractivity contribution is 6.01. The van der Waals surface area contributed by atoms with Crippen molar-refractivity contribution in [2.45, 2.75) is 51.0 Å². The van der Waals surface area contributed by atoms with Crippen LogP contribution >= 0.6 is 0 Å². The molecule has 1 amide bonds. The smallest absolute Gasteiger partial charge is 0.328 e.